The number of methoxy groups -OCH3 is 1. The Morgan fingerprint density at radius 3 is 2.74 bits per heavy atom. The first-order chi connectivity index (χ1) is 13.2. The first kappa shape index (κ1) is 17.5. The van der Waals surface area contributed by atoms with Crippen molar-refractivity contribution in [2.45, 2.75) is 13.5 Å². The molecule has 0 spiro atoms. The number of aryl methyl sites for hydroxylation is 1. The van der Waals surface area contributed by atoms with Gasteiger partial charge in [0.15, 0.2) is 5.65 Å². The highest BCUT2D eigenvalue weighted by Crippen LogP contribution is 2.29. The van der Waals surface area contributed by atoms with Gasteiger partial charge < -0.3 is 10.1 Å². The van der Waals surface area contributed by atoms with Crippen LogP contribution in [0, 0.1) is 6.92 Å². The molecule has 0 aliphatic rings. The van der Waals surface area contributed by atoms with Gasteiger partial charge in [0.1, 0.15) is 11.6 Å². The molecule has 0 amide bonds. The van der Waals surface area contributed by atoms with Crippen LogP contribution in [-0.4, -0.2) is 26.7 Å². The minimum absolute atomic E-state index is 0.662. The molecule has 0 aliphatic heterocycles. The van der Waals surface area contributed by atoms with Crippen LogP contribution in [0.1, 0.15) is 11.1 Å². The average Bonchev–Trinajstić information content (AvgIpc) is 3.08. The SMILES string of the molecule is COc1cc(-c2cc(NCc3ccncc3)n3ncc(Br)c3n2)ccc1C. The first-order valence-corrected chi connectivity index (χ1v) is 9.27. The van der Waals surface area contributed by atoms with Crippen LogP contribution in [-0.2, 0) is 6.54 Å². The number of hydrogen-bond donors (Lipinski definition) is 1. The van der Waals surface area contributed by atoms with Gasteiger partial charge >= 0.3 is 0 Å². The smallest absolute Gasteiger partial charge is 0.172 e. The highest BCUT2D eigenvalue weighted by atomic mass is 79.9. The topological polar surface area (TPSA) is 64.3 Å². The molecule has 4 rings (SSSR count). The van der Waals surface area contributed by atoms with Crippen molar-refractivity contribution in [2.75, 3.05) is 12.4 Å². The van der Waals surface area contributed by atoms with E-state index >= 15 is 0 Å². The molecule has 0 saturated heterocycles. The molecule has 0 aliphatic carbocycles. The fourth-order valence-electron chi connectivity index (χ4n) is 2.88. The first-order valence-electron chi connectivity index (χ1n) is 8.48. The Balaban J connectivity index is 1.77. The molecule has 0 radical (unpaired) electrons. The van der Waals surface area contributed by atoms with Crippen LogP contribution >= 0.6 is 15.9 Å². The van der Waals surface area contributed by atoms with Crippen molar-refractivity contribution < 1.29 is 4.74 Å². The van der Waals surface area contributed by atoms with Crippen molar-refractivity contribution in [3.05, 3.63) is 70.6 Å². The lowest BCUT2D eigenvalue weighted by molar-refractivity contribution is 0.412. The van der Waals surface area contributed by atoms with Crippen molar-refractivity contribution in [1.82, 2.24) is 19.6 Å². The van der Waals surface area contributed by atoms with Gasteiger partial charge in [0.25, 0.3) is 0 Å². The maximum atomic E-state index is 5.46. The van der Waals surface area contributed by atoms with E-state index in [1.807, 2.05) is 43.3 Å². The number of nitrogens with zero attached hydrogens (tertiary/aromatic N) is 4. The maximum Gasteiger partial charge on any atom is 0.172 e. The van der Waals surface area contributed by atoms with E-state index in [1.54, 1.807) is 30.2 Å². The van der Waals surface area contributed by atoms with Gasteiger partial charge in [-0.3, -0.25) is 4.98 Å². The molecule has 0 saturated carbocycles. The van der Waals surface area contributed by atoms with Crippen LogP contribution in [0.4, 0.5) is 5.82 Å². The predicted molar refractivity (Wildman–Crippen MR) is 109 cm³/mol. The van der Waals surface area contributed by atoms with Gasteiger partial charge in [-0.05, 0) is 52.2 Å². The summed E-state index contributed by atoms with van der Waals surface area (Å²) in [6.45, 7) is 2.68. The van der Waals surface area contributed by atoms with E-state index in [4.69, 9.17) is 9.72 Å². The van der Waals surface area contributed by atoms with E-state index in [0.717, 1.165) is 44.1 Å². The van der Waals surface area contributed by atoms with E-state index < -0.39 is 0 Å². The number of hydrogen-bond acceptors (Lipinski definition) is 5. The number of pyridine rings is 1. The average molecular weight is 424 g/mol. The molecular weight excluding hydrogens is 406 g/mol. The van der Waals surface area contributed by atoms with Gasteiger partial charge in [-0.15, -0.1) is 0 Å². The third kappa shape index (κ3) is 3.50. The molecule has 6 nitrogen and oxygen atoms in total. The standard InChI is InChI=1S/C20H18BrN5O/c1-13-3-4-15(9-18(13)27-2)17-10-19(23-11-14-5-7-22-8-6-14)26-20(25-17)16(21)12-24-26/h3-10,12,23H,11H2,1-2H3. The van der Waals surface area contributed by atoms with Gasteiger partial charge in [-0.25, -0.2) is 4.98 Å². The Labute approximate surface area is 165 Å². The van der Waals surface area contributed by atoms with Crippen LogP contribution in [0.5, 0.6) is 5.75 Å². The van der Waals surface area contributed by atoms with Crippen LogP contribution in [0.3, 0.4) is 0 Å². The second-order valence-electron chi connectivity index (χ2n) is 6.15. The van der Waals surface area contributed by atoms with E-state index in [1.165, 1.54) is 0 Å². The van der Waals surface area contributed by atoms with Crippen LogP contribution in [0.15, 0.2) is 59.5 Å². The highest BCUT2D eigenvalue weighted by molar-refractivity contribution is 9.10. The molecule has 7 heteroatoms. The largest absolute Gasteiger partial charge is 0.496 e. The number of fused-ring (bicyclic) bond motifs is 1. The lowest BCUT2D eigenvalue weighted by Crippen LogP contribution is -2.06. The summed E-state index contributed by atoms with van der Waals surface area (Å²) in [4.78, 5) is 8.83. The van der Waals surface area contributed by atoms with E-state index in [9.17, 15) is 0 Å². The second-order valence-corrected chi connectivity index (χ2v) is 7.00. The van der Waals surface area contributed by atoms with Crippen LogP contribution < -0.4 is 10.1 Å². The van der Waals surface area contributed by atoms with Gasteiger partial charge in [0.05, 0.1) is 23.5 Å². The van der Waals surface area contributed by atoms with E-state index in [0.29, 0.717) is 6.54 Å². The Kier molecular flexibility index (Phi) is 4.77. The number of ether oxygens (including phenoxy) is 1. The maximum absolute atomic E-state index is 5.46. The quantitative estimate of drug-likeness (QED) is 0.512. The Hall–Kier alpha value is -2.93. The monoisotopic (exact) mass is 423 g/mol. The van der Waals surface area contributed by atoms with Crippen LogP contribution in [0.2, 0.25) is 0 Å². The van der Waals surface area contributed by atoms with Gasteiger partial charge in [0, 0.05) is 30.6 Å². The molecule has 1 aromatic carbocycles. The number of aromatic nitrogens is 4. The fourth-order valence-corrected chi connectivity index (χ4v) is 3.23. The summed E-state index contributed by atoms with van der Waals surface area (Å²) in [7, 11) is 1.68. The van der Waals surface area contributed by atoms with Gasteiger partial charge in [0.2, 0.25) is 0 Å². The molecule has 1 N–H and O–H groups in total. The summed E-state index contributed by atoms with van der Waals surface area (Å²) in [5.41, 5.74) is 4.81. The minimum atomic E-state index is 0.662. The van der Waals surface area contributed by atoms with Gasteiger partial charge in [-0.2, -0.15) is 9.61 Å². The molecular formula is C20H18BrN5O. The molecule has 27 heavy (non-hydrogen) atoms. The van der Waals surface area contributed by atoms with Crippen molar-refractivity contribution >= 4 is 27.4 Å². The minimum Gasteiger partial charge on any atom is -0.496 e. The summed E-state index contributed by atoms with van der Waals surface area (Å²) >= 11 is 3.54. The summed E-state index contributed by atoms with van der Waals surface area (Å²) in [5, 5.41) is 7.87. The third-order valence-corrected chi connectivity index (χ3v) is 4.91. The Morgan fingerprint density at radius 2 is 1.96 bits per heavy atom. The summed E-state index contributed by atoms with van der Waals surface area (Å²) in [6, 6.07) is 12.1. The lowest BCUT2D eigenvalue weighted by atomic mass is 10.1. The summed E-state index contributed by atoms with van der Waals surface area (Å²) < 4.78 is 8.10. The Morgan fingerprint density at radius 1 is 1.15 bits per heavy atom. The number of rotatable bonds is 5. The Bertz CT molecular complexity index is 1090. The van der Waals surface area contributed by atoms with Crippen molar-refractivity contribution in [3.8, 4) is 17.0 Å². The zero-order valence-electron chi connectivity index (χ0n) is 15.0. The van der Waals surface area contributed by atoms with Crippen molar-refractivity contribution in [3.63, 3.8) is 0 Å². The number of nitrogens with one attached hydrogen (secondary N) is 1. The molecule has 3 aromatic heterocycles. The number of anilines is 1. The predicted octanol–water partition coefficient (Wildman–Crippen LogP) is 4.48. The van der Waals surface area contributed by atoms with E-state index in [-0.39, 0.29) is 0 Å². The summed E-state index contributed by atoms with van der Waals surface area (Å²) in [6.07, 6.45) is 5.32. The summed E-state index contributed by atoms with van der Waals surface area (Å²) in [5.74, 6) is 1.70. The molecule has 0 bridgehead atoms. The van der Waals surface area contributed by atoms with Crippen LogP contribution in [0.25, 0.3) is 16.9 Å². The molecule has 0 atom stereocenters. The second kappa shape index (κ2) is 7.36. The number of benzene rings is 1. The number of halogens is 1. The third-order valence-electron chi connectivity index (χ3n) is 4.36. The molecule has 136 valence electrons. The fraction of sp³-hybridized carbons (Fsp3) is 0.150. The molecule has 0 fully saturated rings. The van der Waals surface area contributed by atoms with Crippen molar-refractivity contribution in [2.24, 2.45) is 0 Å². The zero-order chi connectivity index (χ0) is 18.8. The lowest BCUT2D eigenvalue weighted by Gasteiger charge is -2.12. The highest BCUT2D eigenvalue weighted by Gasteiger charge is 2.12. The zero-order valence-corrected chi connectivity index (χ0v) is 16.6. The normalized spacial score (nSPS) is 10.9. The molecule has 3 heterocycles. The van der Waals surface area contributed by atoms with Crippen molar-refractivity contribution in [1.29, 1.82) is 0 Å². The van der Waals surface area contributed by atoms with E-state index in [2.05, 4.69) is 31.3 Å². The molecule has 4 aromatic rings. The van der Waals surface area contributed by atoms with Gasteiger partial charge in [-0.1, -0.05) is 12.1 Å². The molecule has 0 unspecified atom stereocenters.